The molecule has 0 radical (unpaired) electrons. The van der Waals surface area contributed by atoms with Gasteiger partial charge in [-0.25, -0.2) is 0 Å². The van der Waals surface area contributed by atoms with Crippen molar-refractivity contribution in [3.8, 4) is 0 Å². The lowest BCUT2D eigenvalue weighted by Gasteiger charge is -2.23. The van der Waals surface area contributed by atoms with Crippen molar-refractivity contribution in [2.45, 2.75) is 13.3 Å². The van der Waals surface area contributed by atoms with E-state index in [-0.39, 0.29) is 11.5 Å². The van der Waals surface area contributed by atoms with Gasteiger partial charge in [0.1, 0.15) is 5.69 Å². The van der Waals surface area contributed by atoms with E-state index in [1.54, 1.807) is 17.0 Å². The number of hydrogen-bond acceptors (Lipinski definition) is 3. The average molecular weight is 300 g/mol. The van der Waals surface area contributed by atoms with Gasteiger partial charge in [-0.3, -0.25) is 9.59 Å². The van der Waals surface area contributed by atoms with Gasteiger partial charge in [0.15, 0.2) is 0 Å². The lowest BCUT2D eigenvalue weighted by Crippen LogP contribution is -2.36. The SMILES string of the molecule is CCN(CC1CCOC1)C(=O)c1cc2ccccc2c(=O)[nH]1. The van der Waals surface area contributed by atoms with E-state index in [4.69, 9.17) is 4.74 Å². The summed E-state index contributed by atoms with van der Waals surface area (Å²) in [6.45, 7) is 4.71. The fourth-order valence-electron chi connectivity index (χ4n) is 2.89. The minimum atomic E-state index is -0.221. The van der Waals surface area contributed by atoms with E-state index >= 15 is 0 Å². The van der Waals surface area contributed by atoms with Crippen LogP contribution in [0.15, 0.2) is 35.1 Å². The van der Waals surface area contributed by atoms with Crippen LogP contribution in [-0.4, -0.2) is 42.1 Å². The van der Waals surface area contributed by atoms with E-state index in [1.807, 2.05) is 25.1 Å². The molecule has 1 N–H and O–H groups in total. The highest BCUT2D eigenvalue weighted by atomic mass is 16.5. The first-order chi connectivity index (χ1) is 10.7. The Morgan fingerprint density at radius 3 is 2.95 bits per heavy atom. The Hall–Kier alpha value is -2.14. The van der Waals surface area contributed by atoms with Crippen LogP contribution < -0.4 is 5.56 Å². The average Bonchev–Trinajstić information content (AvgIpc) is 3.05. The summed E-state index contributed by atoms with van der Waals surface area (Å²) in [6.07, 6.45) is 0.984. The zero-order valence-corrected chi connectivity index (χ0v) is 12.7. The highest BCUT2D eigenvalue weighted by molar-refractivity contribution is 5.96. The molecule has 1 aliphatic heterocycles. The third-order valence-corrected chi connectivity index (χ3v) is 4.16. The summed E-state index contributed by atoms with van der Waals surface area (Å²) >= 11 is 0. The molecule has 0 bridgehead atoms. The molecule has 1 aromatic heterocycles. The number of benzene rings is 1. The fourth-order valence-corrected chi connectivity index (χ4v) is 2.89. The maximum Gasteiger partial charge on any atom is 0.270 e. The Morgan fingerprint density at radius 1 is 1.41 bits per heavy atom. The predicted octanol–water partition coefficient (Wildman–Crippen LogP) is 2.03. The van der Waals surface area contributed by atoms with Crippen molar-refractivity contribution < 1.29 is 9.53 Å². The van der Waals surface area contributed by atoms with E-state index in [2.05, 4.69) is 4.98 Å². The fraction of sp³-hybridized carbons (Fsp3) is 0.412. The minimum absolute atomic E-state index is 0.128. The summed E-state index contributed by atoms with van der Waals surface area (Å²) in [7, 11) is 0. The first-order valence-corrected chi connectivity index (χ1v) is 7.68. The third-order valence-electron chi connectivity index (χ3n) is 4.16. The van der Waals surface area contributed by atoms with Gasteiger partial charge < -0.3 is 14.6 Å². The van der Waals surface area contributed by atoms with Gasteiger partial charge in [-0.2, -0.15) is 0 Å². The van der Waals surface area contributed by atoms with Gasteiger partial charge in [0.05, 0.1) is 6.61 Å². The highest BCUT2D eigenvalue weighted by Gasteiger charge is 2.23. The van der Waals surface area contributed by atoms with Crippen molar-refractivity contribution in [1.29, 1.82) is 0 Å². The molecule has 2 aromatic rings. The molecule has 1 fully saturated rings. The van der Waals surface area contributed by atoms with Gasteiger partial charge in [0, 0.05) is 31.0 Å². The summed E-state index contributed by atoms with van der Waals surface area (Å²) in [5, 5.41) is 1.39. The van der Waals surface area contributed by atoms with Gasteiger partial charge in [0.2, 0.25) is 0 Å². The summed E-state index contributed by atoms with van der Waals surface area (Å²) in [5.41, 5.74) is 0.131. The number of pyridine rings is 1. The molecule has 1 atom stereocenters. The van der Waals surface area contributed by atoms with Gasteiger partial charge in [-0.05, 0) is 30.9 Å². The number of H-pyrrole nitrogens is 1. The molecule has 2 heterocycles. The number of carbonyl (C=O) groups is 1. The van der Waals surface area contributed by atoms with Crippen LogP contribution >= 0.6 is 0 Å². The van der Waals surface area contributed by atoms with Crippen molar-refractivity contribution in [2.75, 3.05) is 26.3 Å². The molecular formula is C17H20N2O3. The number of nitrogens with one attached hydrogen (secondary N) is 1. The topological polar surface area (TPSA) is 62.4 Å². The molecule has 0 saturated carbocycles. The summed E-state index contributed by atoms with van der Waals surface area (Å²) < 4.78 is 5.37. The van der Waals surface area contributed by atoms with Crippen LogP contribution in [0.1, 0.15) is 23.8 Å². The molecule has 5 heteroatoms. The molecule has 1 aliphatic rings. The molecule has 1 aromatic carbocycles. The molecular weight excluding hydrogens is 280 g/mol. The molecule has 116 valence electrons. The number of carbonyl (C=O) groups excluding carboxylic acids is 1. The lowest BCUT2D eigenvalue weighted by molar-refractivity contribution is 0.0725. The summed E-state index contributed by atoms with van der Waals surface area (Å²) in [4.78, 5) is 29.3. The molecule has 22 heavy (non-hydrogen) atoms. The number of hydrogen-bond donors (Lipinski definition) is 1. The molecule has 1 unspecified atom stereocenters. The maximum atomic E-state index is 12.7. The molecule has 3 rings (SSSR count). The molecule has 0 spiro atoms. The van der Waals surface area contributed by atoms with Crippen LogP contribution in [0.2, 0.25) is 0 Å². The van der Waals surface area contributed by atoms with Crippen molar-refractivity contribution in [2.24, 2.45) is 5.92 Å². The number of fused-ring (bicyclic) bond motifs is 1. The van der Waals surface area contributed by atoms with E-state index in [0.717, 1.165) is 18.4 Å². The van der Waals surface area contributed by atoms with Crippen LogP contribution in [0.3, 0.4) is 0 Å². The second kappa shape index (κ2) is 6.32. The van der Waals surface area contributed by atoms with Gasteiger partial charge >= 0.3 is 0 Å². The zero-order chi connectivity index (χ0) is 15.5. The van der Waals surface area contributed by atoms with Gasteiger partial charge in [-0.15, -0.1) is 0 Å². The third kappa shape index (κ3) is 2.90. The van der Waals surface area contributed by atoms with Crippen molar-refractivity contribution >= 4 is 16.7 Å². The van der Waals surface area contributed by atoms with Crippen LogP contribution in [-0.2, 0) is 4.74 Å². The van der Waals surface area contributed by atoms with Crippen LogP contribution in [0, 0.1) is 5.92 Å². The Bertz CT molecular complexity index is 732. The number of nitrogens with zero attached hydrogens (tertiary/aromatic N) is 1. The van der Waals surface area contributed by atoms with Gasteiger partial charge in [0.25, 0.3) is 11.5 Å². The lowest BCUT2D eigenvalue weighted by atomic mass is 10.1. The number of ether oxygens (including phenoxy) is 1. The van der Waals surface area contributed by atoms with E-state index < -0.39 is 0 Å². The van der Waals surface area contributed by atoms with E-state index in [1.165, 1.54) is 0 Å². The largest absolute Gasteiger partial charge is 0.381 e. The highest BCUT2D eigenvalue weighted by Crippen LogP contribution is 2.16. The zero-order valence-electron chi connectivity index (χ0n) is 12.7. The molecule has 5 nitrogen and oxygen atoms in total. The summed E-state index contributed by atoms with van der Waals surface area (Å²) in [5.74, 6) is 0.258. The normalized spacial score (nSPS) is 17.8. The Labute approximate surface area is 128 Å². The van der Waals surface area contributed by atoms with Crippen LogP contribution in [0.4, 0.5) is 0 Å². The second-order valence-corrected chi connectivity index (χ2v) is 5.67. The smallest absolute Gasteiger partial charge is 0.270 e. The monoisotopic (exact) mass is 300 g/mol. The first kappa shape index (κ1) is 14.8. The molecule has 1 saturated heterocycles. The van der Waals surface area contributed by atoms with Crippen LogP contribution in [0.25, 0.3) is 10.8 Å². The van der Waals surface area contributed by atoms with Crippen molar-refractivity contribution in [1.82, 2.24) is 9.88 Å². The Kier molecular flexibility index (Phi) is 4.24. The van der Waals surface area contributed by atoms with Crippen LogP contribution in [0.5, 0.6) is 0 Å². The quantitative estimate of drug-likeness (QED) is 0.939. The number of amides is 1. The standard InChI is InChI=1S/C17H20N2O3/c1-2-19(10-12-7-8-22-11-12)17(21)15-9-13-5-3-4-6-14(13)16(20)18-15/h3-6,9,12H,2,7-8,10-11H2,1H3,(H,18,20). The number of rotatable bonds is 4. The Balaban J connectivity index is 1.88. The van der Waals surface area contributed by atoms with Crippen molar-refractivity contribution in [3.05, 3.63) is 46.4 Å². The summed E-state index contributed by atoms with van der Waals surface area (Å²) in [6, 6.07) is 9.05. The first-order valence-electron chi connectivity index (χ1n) is 7.68. The maximum absolute atomic E-state index is 12.7. The number of aromatic nitrogens is 1. The van der Waals surface area contributed by atoms with E-state index in [0.29, 0.717) is 36.7 Å². The molecule has 1 amide bonds. The van der Waals surface area contributed by atoms with E-state index in [9.17, 15) is 9.59 Å². The molecule has 0 aliphatic carbocycles. The second-order valence-electron chi connectivity index (χ2n) is 5.67. The Morgan fingerprint density at radius 2 is 2.23 bits per heavy atom. The van der Waals surface area contributed by atoms with Gasteiger partial charge in [-0.1, -0.05) is 18.2 Å². The van der Waals surface area contributed by atoms with Crippen molar-refractivity contribution in [3.63, 3.8) is 0 Å². The predicted molar refractivity (Wildman–Crippen MR) is 85.1 cm³/mol. The minimum Gasteiger partial charge on any atom is -0.381 e. The number of aromatic amines is 1.